The Morgan fingerprint density at radius 2 is 1.94 bits per heavy atom. The van der Waals surface area contributed by atoms with E-state index in [1.807, 2.05) is 6.07 Å². The normalized spacial score (nSPS) is 16.9. The van der Waals surface area contributed by atoms with Gasteiger partial charge < -0.3 is 4.74 Å². The Morgan fingerprint density at radius 1 is 1.29 bits per heavy atom. The lowest BCUT2D eigenvalue weighted by molar-refractivity contribution is 0.246. The second kappa shape index (κ2) is 4.34. The predicted molar refractivity (Wildman–Crippen MR) is 66.1 cm³/mol. The maximum absolute atomic E-state index is 10.6. The molecule has 1 aliphatic carbocycles. The van der Waals surface area contributed by atoms with Crippen molar-refractivity contribution in [1.29, 1.82) is 0 Å². The van der Waals surface area contributed by atoms with Crippen LogP contribution in [0.3, 0.4) is 0 Å². The van der Waals surface area contributed by atoms with Crippen LogP contribution in [0, 0.1) is 13.8 Å². The van der Waals surface area contributed by atoms with Crippen LogP contribution in [-0.2, 0) is 10.3 Å². The number of hydrogen-bond acceptors (Lipinski definition) is 3. The maximum atomic E-state index is 10.6. The molecule has 0 atom stereocenters. The molecule has 1 aromatic carbocycles. The van der Waals surface area contributed by atoms with Crippen LogP contribution >= 0.6 is 0 Å². The van der Waals surface area contributed by atoms with E-state index in [4.69, 9.17) is 4.74 Å². The van der Waals surface area contributed by atoms with E-state index in [-0.39, 0.29) is 5.54 Å². The number of carbonyl (C=O) groups excluding carboxylic acids is 1. The van der Waals surface area contributed by atoms with Crippen LogP contribution in [-0.4, -0.2) is 13.2 Å². The number of ether oxygens (including phenoxy) is 1. The summed E-state index contributed by atoms with van der Waals surface area (Å²) in [4.78, 5) is 14.6. The van der Waals surface area contributed by atoms with Gasteiger partial charge in [0, 0.05) is 5.56 Å². The van der Waals surface area contributed by atoms with Crippen molar-refractivity contribution in [2.24, 2.45) is 4.99 Å². The van der Waals surface area contributed by atoms with Crippen LogP contribution in [0.5, 0.6) is 5.75 Å². The molecule has 0 N–H and O–H groups in total. The first kappa shape index (κ1) is 11.9. The number of isocyanates is 1. The lowest BCUT2D eigenvalue weighted by Crippen LogP contribution is -2.32. The van der Waals surface area contributed by atoms with Crippen molar-refractivity contribution >= 4 is 6.08 Å². The second-order valence-electron chi connectivity index (χ2n) is 4.72. The summed E-state index contributed by atoms with van der Waals surface area (Å²) in [5, 5.41) is 0. The van der Waals surface area contributed by atoms with Crippen LogP contribution < -0.4 is 4.74 Å². The summed E-state index contributed by atoms with van der Waals surface area (Å²) in [6, 6.07) is 4.11. The van der Waals surface area contributed by atoms with Gasteiger partial charge in [-0.2, -0.15) is 4.99 Å². The van der Waals surface area contributed by atoms with Gasteiger partial charge in [-0.1, -0.05) is 0 Å². The van der Waals surface area contributed by atoms with E-state index >= 15 is 0 Å². The van der Waals surface area contributed by atoms with E-state index in [1.54, 1.807) is 13.2 Å². The summed E-state index contributed by atoms with van der Waals surface area (Å²) in [6.45, 7) is 4.12. The number of methoxy groups -OCH3 is 1. The highest BCUT2D eigenvalue weighted by Gasteiger charge is 2.41. The first-order chi connectivity index (χ1) is 8.13. The third-order valence-corrected chi connectivity index (χ3v) is 3.76. The third-order valence-electron chi connectivity index (χ3n) is 3.76. The molecule has 2 rings (SSSR count). The minimum absolute atomic E-state index is 0.383. The van der Waals surface area contributed by atoms with Crippen molar-refractivity contribution in [1.82, 2.24) is 0 Å². The molecule has 0 aliphatic heterocycles. The van der Waals surface area contributed by atoms with Crippen molar-refractivity contribution in [3.05, 3.63) is 28.8 Å². The highest BCUT2D eigenvalue weighted by atomic mass is 16.5. The first-order valence-corrected chi connectivity index (χ1v) is 5.88. The van der Waals surface area contributed by atoms with Crippen LogP contribution in [0.1, 0.15) is 36.0 Å². The number of benzene rings is 1. The zero-order valence-corrected chi connectivity index (χ0v) is 10.5. The van der Waals surface area contributed by atoms with Gasteiger partial charge in [0.1, 0.15) is 11.3 Å². The van der Waals surface area contributed by atoms with Crippen molar-refractivity contribution < 1.29 is 9.53 Å². The zero-order chi connectivity index (χ0) is 12.5. The summed E-state index contributed by atoms with van der Waals surface area (Å²) >= 11 is 0. The Kier molecular flexibility index (Phi) is 3.03. The second-order valence-corrected chi connectivity index (χ2v) is 4.72. The molecule has 3 nitrogen and oxygen atoms in total. The van der Waals surface area contributed by atoms with Gasteiger partial charge in [0.05, 0.1) is 7.11 Å². The number of rotatable bonds is 3. The largest absolute Gasteiger partial charge is 0.496 e. The molecule has 0 radical (unpaired) electrons. The summed E-state index contributed by atoms with van der Waals surface area (Å²) in [7, 11) is 1.66. The molecule has 0 saturated heterocycles. The number of aliphatic imine (C=N–C) groups is 1. The number of nitrogens with zero attached hydrogens (tertiary/aromatic N) is 1. The number of hydrogen-bond donors (Lipinski definition) is 0. The van der Waals surface area contributed by atoms with E-state index in [2.05, 4.69) is 24.9 Å². The van der Waals surface area contributed by atoms with Gasteiger partial charge in [0.2, 0.25) is 6.08 Å². The Balaban J connectivity index is 2.57. The minimum Gasteiger partial charge on any atom is -0.496 e. The summed E-state index contributed by atoms with van der Waals surface area (Å²) < 4.78 is 5.42. The van der Waals surface area contributed by atoms with Crippen LogP contribution in [0.15, 0.2) is 17.1 Å². The van der Waals surface area contributed by atoms with E-state index in [0.29, 0.717) is 0 Å². The van der Waals surface area contributed by atoms with Crippen molar-refractivity contribution in [3.8, 4) is 5.75 Å². The Bertz CT molecular complexity index is 483. The van der Waals surface area contributed by atoms with E-state index in [0.717, 1.165) is 30.6 Å². The van der Waals surface area contributed by atoms with Crippen LogP contribution in [0.25, 0.3) is 0 Å². The lowest BCUT2D eigenvalue weighted by Gasteiger charge is -2.38. The lowest BCUT2D eigenvalue weighted by atomic mass is 9.71. The standard InChI is InChI=1S/C14H17NO2/c1-10-7-12(13(17-3)8-11(10)2)14(15-9-16)5-4-6-14/h7-8H,4-6H2,1-3H3. The zero-order valence-electron chi connectivity index (χ0n) is 10.5. The fourth-order valence-corrected chi connectivity index (χ4v) is 2.36. The monoisotopic (exact) mass is 231 g/mol. The van der Waals surface area contributed by atoms with Gasteiger partial charge in [-0.25, -0.2) is 4.79 Å². The summed E-state index contributed by atoms with van der Waals surface area (Å²) in [5.74, 6) is 0.826. The third kappa shape index (κ3) is 1.87. The molecule has 3 heteroatoms. The van der Waals surface area contributed by atoms with Gasteiger partial charge in [0.15, 0.2) is 0 Å². The molecule has 0 spiro atoms. The fourth-order valence-electron chi connectivity index (χ4n) is 2.36. The molecule has 1 fully saturated rings. The molecule has 0 unspecified atom stereocenters. The van der Waals surface area contributed by atoms with Crippen molar-refractivity contribution in [3.63, 3.8) is 0 Å². The van der Waals surface area contributed by atoms with E-state index < -0.39 is 0 Å². The van der Waals surface area contributed by atoms with Gasteiger partial charge in [0.25, 0.3) is 0 Å². The molecule has 1 saturated carbocycles. The van der Waals surface area contributed by atoms with Gasteiger partial charge >= 0.3 is 0 Å². The molecule has 0 bridgehead atoms. The quantitative estimate of drug-likeness (QED) is 0.592. The SMILES string of the molecule is COc1cc(C)c(C)cc1C1(N=C=O)CCC1. The van der Waals surface area contributed by atoms with Gasteiger partial charge in [-0.15, -0.1) is 0 Å². The highest BCUT2D eigenvalue weighted by Crippen LogP contribution is 2.48. The smallest absolute Gasteiger partial charge is 0.235 e. The number of aryl methyl sites for hydroxylation is 2. The molecular formula is C14H17NO2. The van der Waals surface area contributed by atoms with E-state index in [9.17, 15) is 4.79 Å². The van der Waals surface area contributed by atoms with Crippen LogP contribution in [0.2, 0.25) is 0 Å². The average Bonchev–Trinajstić information content (AvgIpc) is 2.27. The highest BCUT2D eigenvalue weighted by molar-refractivity contribution is 5.49. The van der Waals surface area contributed by atoms with Crippen LogP contribution in [0.4, 0.5) is 0 Å². The fraction of sp³-hybridized carbons (Fsp3) is 0.500. The maximum Gasteiger partial charge on any atom is 0.235 e. The topological polar surface area (TPSA) is 38.7 Å². The molecule has 90 valence electrons. The summed E-state index contributed by atoms with van der Waals surface area (Å²) in [6.07, 6.45) is 4.62. The summed E-state index contributed by atoms with van der Waals surface area (Å²) in [5.41, 5.74) is 3.03. The average molecular weight is 231 g/mol. The van der Waals surface area contributed by atoms with Gasteiger partial charge in [-0.05, 0) is 56.4 Å². The molecule has 0 heterocycles. The molecule has 1 aromatic rings. The van der Waals surface area contributed by atoms with Crippen molar-refractivity contribution in [2.45, 2.75) is 38.6 Å². The van der Waals surface area contributed by atoms with Gasteiger partial charge in [-0.3, -0.25) is 0 Å². The predicted octanol–water partition coefficient (Wildman–Crippen LogP) is 3.03. The molecule has 17 heavy (non-hydrogen) atoms. The van der Waals surface area contributed by atoms with E-state index in [1.165, 1.54) is 11.1 Å². The minimum atomic E-state index is -0.383. The molecular weight excluding hydrogens is 214 g/mol. The Hall–Kier alpha value is -1.60. The Labute approximate surface area is 102 Å². The Morgan fingerprint density at radius 3 is 2.41 bits per heavy atom. The molecule has 0 amide bonds. The molecule has 1 aliphatic rings. The first-order valence-electron chi connectivity index (χ1n) is 5.88. The molecule has 0 aromatic heterocycles. The van der Waals surface area contributed by atoms with Crippen molar-refractivity contribution in [2.75, 3.05) is 7.11 Å².